The summed E-state index contributed by atoms with van der Waals surface area (Å²) in [6.07, 6.45) is -0.753. The van der Waals surface area contributed by atoms with E-state index in [0.29, 0.717) is 23.1 Å². The Labute approximate surface area is 123 Å². The average molecular weight is 293 g/mol. The molecule has 3 nitrogen and oxygen atoms in total. The molecule has 20 heavy (non-hydrogen) atoms. The Morgan fingerprint density at radius 1 is 1.10 bits per heavy atom. The van der Waals surface area contributed by atoms with Crippen LogP contribution in [0, 0.1) is 0 Å². The number of rotatable bonds is 6. The molecule has 1 N–H and O–H groups in total. The van der Waals surface area contributed by atoms with Gasteiger partial charge in [-0.3, -0.25) is 0 Å². The maximum atomic E-state index is 10.2. The van der Waals surface area contributed by atoms with Crippen LogP contribution in [0.5, 0.6) is 11.5 Å². The smallest absolute Gasteiger partial charge is 0.125 e. The van der Waals surface area contributed by atoms with E-state index in [4.69, 9.17) is 21.1 Å². The molecule has 0 aliphatic rings. The minimum atomic E-state index is -0.753. The number of hydrogen-bond acceptors (Lipinski definition) is 3. The van der Waals surface area contributed by atoms with Crippen LogP contribution in [0.25, 0.3) is 0 Å². The molecule has 2 aromatic rings. The third-order valence-electron chi connectivity index (χ3n) is 2.78. The molecule has 0 heterocycles. The van der Waals surface area contributed by atoms with Crippen LogP contribution in [0.2, 0.25) is 5.02 Å². The van der Waals surface area contributed by atoms with E-state index in [1.807, 2.05) is 31.2 Å². The molecule has 106 valence electrons. The summed E-state index contributed by atoms with van der Waals surface area (Å²) >= 11 is 5.88. The van der Waals surface area contributed by atoms with Crippen molar-refractivity contribution in [3.8, 4) is 11.5 Å². The Balaban J connectivity index is 2.03. The first kappa shape index (κ1) is 14.7. The molecule has 0 aromatic heterocycles. The Hall–Kier alpha value is -1.71. The SMILES string of the molecule is CCOc1ccccc1C(O)COc1cccc(Cl)c1. The predicted octanol–water partition coefficient (Wildman–Crippen LogP) is 3.85. The van der Waals surface area contributed by atoms with Crippen molar-refractivity contribution in [2.24, 2.45) is 0 Å². The van der Waals surface area contributed by atoms with Gasteiger partial charge in [-0.05, 0) is 31.2 Å². The monoisotopic (exact) mass is 292 g/mol. The maximum Gasteiger partial charge on any atom is 0.125 e. The molecule has 0 aliphatic heterocycles. The molecule has 0 aliphatic carbocycles. The van der Waals surface area contributed by atoms with Gasteiger partial charge in [-0.2, -0.15) is 0 Å². The van der Waals surface area contributed by atoms with Gasteiger partial charge in [0.15, 0.2) is 0 Å². The zero-order valence-corrected chi connectivity index (χ0v) is 12.0. The highest BCUT2D eigenvalue weighted by molar-refractivity contribution is 6.30. The lowest BCUT2D eigenvalue weighted by atomic mass is 10.1. The number of halogens is 1. The minimum absolute atomic E-state index is 0.143. The van der Waals surface area contributed by atoms with Gasteiger partial charge in [-0.25, -0.2) is 0 Å². The molecule has 2 aromatic carbocycles. The van der Waals surface area contributed by atoms with Crippen LogP contribution in [-0.4, -0.2) is 18.3 Å². The van der Waals surface area contributed by atoms with Crippen molar-refractivity contribution in [3.63, 3.8) is 0 Å². The molecule has 0 radical (unpaired) electrons. The normalized spacial score (nSPS) is 11.9. The second kappa shape index (κ2) is 7.17. The third kappa shape index (κ3) is 3.89. The number of hydrogen-bond donors (Lipinski definition) is 1. The maximum absolute atomic E-state index is 10.2. The molecule has 4 heteroatoms. The Kier molecular flexibility index (Phi) is 5.27. The third-order valence-corrected chi connectivity index (χ3v) is 3.02. The summed E-state index contributed by atoms with van der Waals surface area (Å²) in [5.74, 6) is 1.31. The molecule has 1 atom stereocenters. The predicted molar refractivity (Wildman–Crippen MR) is 79.5 cm³/mol. The molecule has 0 bridgehead atoms. The van der Waals surface area contributed by atoms with Crippen molar-refractivity contribution < 1.29 is 14.6 Å². The standard InChI is InChI=1S/C16H17ClO3/c1-2-19-16-9-4-3-8-14(16)15(18)11-20-13-7-5-6-12(17)10-13/h3-10,15,18H,2,11H2,1H3. The zero-order valence-electron chi connectivity index (χ0n) is 11.3. The van der Waals surface area contributed by atoms with E-state index in [0.717, 1.165) is 5.56 Å². The van der Waals surface area contributed by atoms with Crippen molar-refractivity contribution in [2.45, 2.75) is 13.0 Å². The second-order valence-electron chi connectivity index (χ2n) is 4.26. The van der Waals surface area contributed by atoms with E-state index in [2.05, 4.69) is 0 Å². The molecular formula is C16H17ClO3. The Bertz CT molecular complexity index is 557. The van der Waals surface area contributed by atoms with Crippen molar-refractivity contribution in [3.05, 3.63) is 59.1 Å². The first-order chi connectivity index (χ1) is 9.70. The van der Waals surface area contributed by atoms with Crippen LogP contribution in [0.3, 0.4) is 0 Å². The molecule has 0 saturated carbocycles. The number of benzene rings is 2. The van der Waals surface area contributed by atoms with Crippen molar-refractivity contribution in [2.75, 3.05) is 13.2 Å². The lowest BCUT2D eigenvalue weighted by Gasteiger charge is -2.16. The van der Waals surface area contributed by atoms with Gasteiger partial charge < -0.3 is 14.6 Å². The molecule has 2 rings (SSSR count). The summed E-state index contributed by atoms with van der Waals surface area (Å²) in [5, 5.41) is 10.8. The van der Waals surface area contributed by atoms with Gasteiger partial charge in [-0.15, -0.1) is 0 Å². The summed E-state index contributed by atoms with van der Waals surface area (Å²) in [6.45, 7) is 2.61. The summed E-state index contributed by atoms with van der Waals surface area (Å²) < 4.78 is 11.0. The molecule has 0 fully saturated rings. The highest BCUT2D eigenvalue weighted by Gasteiger charge is 2.13. The Morgan fingerprint density at radius 2 is 1.90 bits per heavy atom. The van der Waals surface area contributed by atoms with E-state index in [1.165, 1.54) is 0 Å². The van der Waals surface area contributed by atoms with Gasteiger partial charge in [0, 0.05) is 10.6 Å². The summed E-state index contributed by atoms with van der Waals surface area (Å²) in [4.78, 5) is 0. The minimum Gasteiger partial charge on any atom is -0.493 e. The average Bonchev–Trinajstić information content (AvgIpc) is 2.46. The quantitative estimate of drug-likeness (QED) is 0.879. The van der Waals surface area contributed by atoms with Crippen LogP contribution in [0.4, 0.5) is 0 Å². The van der Waals surface area contributed by atoms with E-state index in [9.17, 15) is 5.11 Å². The second-order valence-corrected chi connectivity index (χ2v) is 4.69. The molecule has 0 amide bonds. The van der Waals surface area contributed by atoms with Crippen molar-refractivity contribution in [1.82, 2.24) is 0 Å². The zero-order chi connectivity index (χ0) is 14.4. The van der Waals surface area contributed by atoms with Gasteiger partial charge in [0.25, 0.3) is 0 Å². The van der Waals surface area contributed by atoms with Gasteiger partial charge in [0.1, 0.15) is 24.2 Å². The van der Waals surface area contributed by atoms with Crippen LogP contribution in [0.15, 0.2) is 48.5 Å². The van der Waals surface area contributed by atoms with Gasteiger partial charge in [0.05, 0.1) is 6.61 Å². The summed E-state index contributed by atoms with van der Waals surface area (Å²) in [5.41, 5.74) is 0.719. The largest absolute Gasteiger partial charge is 0.493 e. The molecule has 1 unspecified atom stereocenters. The molecule has 0 saturated heterocycles. The molecule has 0 spiro atoms. The number of aliphatic hydroxyl groups is 1. The Morgan fingerprint density at radius 3 is 2.65 bits per heavy atom. The first-order valence-corrected chi connectivity index (χ1v) is 6.86. The van der Waals surface area contributed by atoms with Crippen molar-refractivity contribution in [1.29, 1.82) is 0 Å². The van der Waals surface area contributed by atoms with Crippen LogP contribution >= 0.6 is 11.6 Å². The van der Waals surface area contributed by atoms with Crippen LogP contribution in [-0.2, 0) is 0 Å². The number of aliphatic hydroxyl groups excluding tert-OH is 1. The van der Waals surface area contributed by atoms with E-state index < -0.39 is 6.10 Å². The fourth-order valence-corrected chi connectivity index (χ4v) is 2.04. The fraction of sp³-hybridized carbons (Fsp3) is 0.250. The van der Waals surface area contributed by atoms with Crippen LogP contribution < -0.4 is 9.47 Å². The number of ether oxygens (including phenoxy) is 2. The van der Waals surface area contributed by atoms with Crippen LogP contribution in [0.1, 0.15) is 18.6 Å². The molecular weight excluding hydrogens is 276 g/mol. The highest BCUT2D eigenvalue weighted by atomic mass is 35.5. The lowest BCUT2D eigenvalue weighted by Crippen LogP contribution is -2.11. The van der Waals surface area contributed by atoms with E-state index in [-0.39, 0.29) is 6.61 Å². The topological polar surface area (TPSA) is 38.7 Å². The summed E-state index contributed by atoms with van der Waals surface area (Å²) in [6, 6.07) is 14.5. The fourth-order valence-electron chi connectivity index (χ4n) is 1.86. The van der Waals surface area contributed by atoms with Gasteiger partial charge in [-0.1, -0.05) is 35.9 Å². The summed E-state index contributed by atoms with van der Waals surface area (Å²) in [7, 11) is 0. The van der Waals surface area contributed by atoms with E-state index in [1.54, 1.807) is 24.3 Å². The lowest BCUT2D eigenvalue weighted by molar-refractivity contribution is 0.105. The van der Waals surface area contributed by atoms with Gasteiger partial charge in [0.2, 0.25) is 0 Å². The number of para-hydroxylation sites is 1. The van der Waals surface area contributed by atoms with E-state index >= 15 is 0 Å². The van der Waals surface area contributed by atoms with Crippen molar-refractivity contribution >= 4 is 11.6 Å². The first-order valence-electron chi connectivity index (χ1n) is 6.49. The van der Waals surface area contributed by atoms with Gasteiger partial charge >= 0.3 is 0 Å². The highest BCUT2D eigenvalue weighted by Crippen LogP contribution is 2.26.